The molecule has 1 aliphatic heterocycles. The summed E-state index contributed by atoms with van der Waals surface area (Å²) in [5.41, 5.74) is 3.03. The molecule has 0 amide bonds. The quantitative estimate of drug-likeness (QED) is 0.697. The van der Waals surface area contributed by atoms with E-state index in [1.807, 2.05) is 19.1 Å². The Morgan fingerprint density at radius 1 is 1.47 bits per heavy atom. The van der Waals surface area contributed by atoms with Gasteiger partial charge in [-0.3, -0.25) is 0 Å². The van der Waals surface area contributed by atoms with Crippen LogP contribution in [-0.4, -0.2) is 12.6 Å². The highest BCUT2D eigenvalue weighted by Crippen LogP contribution is 2.29. The van der Waals surface area contributed by atoms with E-state index < -0.39 is 0 Å². The minimum absolute atomic E-state index is 0.568. The molecule has 1 saturated heterocycles. The first-order valence-corrected chi connectivity index (χ1v) is 5.50. The molecule has 0 bridgehead atoms. The van der Waals surface area contributed by atoms with Gasteiger partial charge in [-0.25, -0.2) is 0 Å². The average Bonchev–Trinajstić information content (AvgIpc) is 2.64. The predicted molar refractivity (Wildman–Crippen MR) is 61.9 cm³/mol. The summed E-state index contributed by atoms with van der Waals surface area (Å²) in [6.45, 7) is 5.32. The normalized spacial score (nSPS) is 20.3. The second kappa shape index (κ2) is 3.94. The molecule has 1 aliphatic rings. The van der Waals surface area contributed by atoms with Crippen molar-refractivity contribution in [3.8, 4) is 6.07 Å². The maximum absolute atomic E-state index is 9.17. The fourth-order valence-corrected chi connectivity index (χ4v) is 2.33. The van der Waals surface area contributed by atoms with Crippen LogP contribution in [0.5, 0.6) is 0 Å². The van der Waals surface area contributed by atoms with Crippen LogP contribution >= 0.6 is 0 Å². The van der Waals surface area contributed by atoms with Crippen molar-refractivity contribution in [1.29, 1.82) is 5.26 Å². The lowest BCUT2D eigenvalue weighted by Crippen LogP contribution is -2.27. The smallest absolute Gasteiger partial charge is 0.102 e. The van der Waals surface area contributed by atoms with Crippen molar-refractivity contribution >= 4 is 5.69 Å². The number of benzene rings is 1. The Balaban J connectivity index is 2.44. The highest BCUT2D eigenvalue weighted by Gasteiger charge is 2.22. The number of nitriles is 1. The number of anilines is 1. The van der Waals surface area contributed by atoms with Gasteiger partial charge in [0.2, 0.25) is 0 Å². The summed E-state index contributed by atoms with van der Waals surface area (Å²) in [6, 6.07) is 8.99. The van der Waals surface area contributed by atoms with Gasteiger partial charge < -0.3 is 4.90 Å². The number of hydrogen-bond acceptors (Lipinski definition) is 2. The Bertz CT molecular complexity index is 403. The Morgan fingerprint density at radius 2 is 2.27 bits per heavy atom. The van der Waals surface area contributed by atoms with Crippen molar-refractivity contribution in [3.05, 3.63) is 29.3 Å². The van der Waals surface area contributed by atoms with Crippen LogP contribution < -0.4 is 4.90 Å². The van der Waals surface area contributed by atoms with E-state index in [9.17, 15) is 0 Å². The number of nitrogens with zero attached hydrogens (tertiary/aromatic N) is 2. The van der Waals surface area contributed by atoms with Crippen LogP contribution in [0, 0.1) is 18.3 Å². The van der Waals surface area contributed by atoms with E-state index in [1.165, 1.54) is 12.8 Å². The van der Waals surface area contributed by atoms with E-state index in [0.29, 0.717) is 6.04 Å². The predicted octanol–water partition coefficient (Wildman–Crippen LogP) is 2.86. The SMILES string of the molecule is Cc1cccc(N2CCCC2C)c1C#N. The molecule has 78 valence electrons. The van der Waals surface area contributed by atoms with E-state index in [1.54, 1.807) is 0 Å². The highest BCUT2D eigenvalue weighted by molar-refractivity contribution is 5.63. The largest absolute Gasteiger partial charge is 0.368 e. The molecule has 1 aromatic carbocycles. The Labute approximate surface area is 91.1 Å². The van der Waals surface area contributed by atoms with Crippen molar-refractivity contribution in [2.45, 2.75) is 32.7 Å². The molecule has 15 heavy (non-hydrogen) atoms. The molecule has 2 nitrogen and oxygen atoms in total. The Kier molecular flexibility index (Phi) is 2.64. The van der Waals surface area contributed by atoms with Crippen molar-refractivity contribution in [2.24, 2.45) is 0 Å². The Hall–Kier alpha value is -1.49. The molecule has 0 aliphatic carbocycles. The molecule has 0 saturated carbocycles. The van der Waals surface area contributed by atoms with Gasteiger partial charge in [0, 0.05) is 12.6 Å². The van der Waals surface area contributed by atoms with Crippen LogP contribution in [0.25, 0.3) is 0 Å². The fourth-order valence-electron chi connectivity index (χ4n) is 2.33. The standard InChI is InChI=1S/C13H16N2/c1-10-5-3-7-13(12(10)9-14)15-8-4-6-11(15)2/h3,5,7,11H,4,6,8H2,1-2H3. The third-order valence-corrected chi connectivity index (χ3v) is 3.23. The zero-order valence-corrected chi connectivity index (χ0v) is 9.33. The van der Waals surface area contributed by atoms with Gasteiger partial charge in [0.25, 0.3) is 0 Å². The molecule has 1 heterocycles. The van der Waals surface area contributed by atoms with Crippen molar-refractivity contribution in [3.63, 3.8) is 0 Å². The number of rotatable bonds is 1. The van der Waals surface area contributed by atoms with Crippen LogP contribution in [0.1, 0.15) is 30.9 Å². The first kappa shape index (κ1) is 10.0. The first-order valence-electron chi connectivity index (χ1n) is 5.50. The molecule has 2 heteroatoms. The summed E-state index contributed by atoms with van der Waals surface area (Å²) in [5.74, 6) is 0. The molecule has 0 aromatic heterocycles. The zero-order valence-electron chi connectivity index (χ0n) is 9.33. The Morgan fingerprint density at radius 3 is 2.87 bits per heavy atom. The summed E-state index contributed by atoms with van der Waals surface area (Å²) in [7, 11) is 0. The van der Waals surface area contributed by atoms with Crippen LogP contribution in [-0.2, 0) is 0 Å². The van der Waals surface area contributed by atoms with Crippen LogP contribution in [0.2, 0.25) is 0 Å². The topological polar surface area (TPSA) is 27.0 Å². The van der Waals surface area contributed by atoms with Gasteiger partial charge in [-0.1, -0.05) is 12.1 Å². The molecule has 1 aromatic rings. The summed E-state index contributed by atoms with van der Waals surface area (Å²) >= 11 is 0. The van der Waals surface area contributed by atoms with Crippen molar-refractivity contribution in [1.82, 2.24) is 0 Å². The minimum Gasteiger partial charge on any atom is -0.368 e. The highest BCUT2D eigenvalue weighted by atomic mass is 15.2. The van der Waals surface area contributed by atoms with E-state index in [0.717, 1.165) is 23.4 Å². The van der Waals surface area contributed by atoms with Gasteiger partial charge in [-0.05, 0) is 38.3 Å². The lowest BCUT2D eigenvalue weighted by molar-refractivity contribution is 0.734. The molecular weight excluding hydrogens is 184 g/mol. The summed E-state index contributed by atoms with van der Waals surface area (Å²) in [4.78, 5) is 2.35. The molecule has 0 N–H and O–H groups in total. The first-order chi connectivity index (χ1) is 7.24. The van der Waals surface area contributed by atoms with Crippen molar-refractivity contribution < 1.29 is 0 Å². The number of aryl methyl sites for hydroxylation is 1. The summed E-state index contributed by atoms with van der Waals surface area (Å²) < 4.78 is 0. The molecule has 1 fully saturated rings. The summed E-state index contributed by atoms with van der Waals surface area (Å²) in [5, 5.41) is 9.17. The van der Waals surface area contributed by atoms with Crippen molar-refractivity contribution in [2.75, 3.05) is 11.4 Å². The van der Waals surface area contributed by atoms with Gasteiger partial charge in [0.1, 0.15) is 6.07 Å². The minimum atomic E-state index is 0.568. The third-order valence-electron chi connectivity index (χ3n) is 3.23. The van der Waals surface area contributed by atoms with E-state index in [4.69, 9.17) is 5.26 Å². The fraction of sp³-hybridized carbons (Fsp3) is 0.462. The molecule has 1 atom stereocenters. The second-order valence-corrected chi connectivity index (χ2v) is 4.27. The van der Waals surface area contributed by atoms with Crippen LogP contribution in [0.4, 0.5) is 5.69 Å². The second-order valence-electron chi connectivity index (χ2n) is 4.27. The van der Waals surface area contributed by atoms with Gasteiger partial charge in [0.15, 0.2) is 0 Å². The lowest BCUT2D eigenvalue weighted by atomic mass is 10.1. The molecule has 0 radical (unpaired) electrons. The third kappa shape index (κ3) is 1.70. The molecule has 0 spiro atoms. The van der Waals surface area contributed by atoms with E-state index in [2.05, 4.69) is 24.0 Å². The van der Waals surface area contributed by atoms with E-state index in [-0.39, 0.29) is 0 Å². The zero-order chi connectivity index (χ0) is 10.8. The monoisotopic (exact) mass is 200 g/mol. The number of hydrogen-bond donors (Lipinski definition) is 0. The van der Waals surface area contributed by atoms with Gasteiger partial charge in [0.05, 0.1) is 11.3 Å². The molecule has 2 rings (SSSR count). The summed E-state index contributed by atoms with van der Waals surface area (Å²) in [6.07, 6.45) is 2.47. The van der Waals surface area contributed by atoms with Gasteiger partial charge in [-0.2, -0.15) is 5.26 Å². The van der Waals surface area contributed by atoms with E-state index >= 15 is 0 Å². The maximum Gasteiger partial charge on any atom is 0.102 e. The van der Waals surface area contributed by atoms with Gasteiger partial charge >= 0.3 is 0 Å². The average molecular weight is 200 g/mol. The maximum atomic E-state index is 9.17. The van der Waals surface area contributed by atoms with Crippen LogP contribution in [0.15, 0.2) is 18.2 Å². The van der Waals surface area contributed by atoms with Crippen LogP contribution in [0.3, 0.4) is 0 Å². The lowest BCUT2D eigenvalue weighted by Gasteiger charge is -2.25. The molecular formula is C13H16N2. The van der Waals surface area contributed by atoms with Gasteiger partial charge in [-0.15, -0.1) is 0 Å². The molecule has 1 unspecified atom stereocenters.